The Balaban J connectivity index is 1.04. The molecule has 0 saturated carbocycles. The summed E-state index contributed by atoms with van der Waals surface area (Å²) in [6.07, 6.45) is 2.55. The van der Waals surface area contributed by atoms with E-state index < -0.39 is 107 Å². The molecule has 0 radical (unpaired) electrons. The van der Waals surface area contributed by atoms with E-state index in [0.29, 0.717) is 38.0 Å². The number of esters is 4. The zero-order chi connectivity index (χ0) is 69.5. The van der Waals surface area contributed by atoms with Crippen LogP contribution in [0, 0.1) is 0 Å². The van der Waals surface area contributed by atoms with E-state index in [0.717, 1.165) is 81.9 Å². The molecule has 26 heteroatoms. The van der Waals surface area contributed by atoms with Crippen LogP contribution in [0.15, 0.2) is 182 Å². The summed E-state index contributed by atoms with van der Waals surface area (Å²) in [5.74, 6) is -7.22. The summed E-state index contributed by atoms with van der Waals surface area (Å²) in [6.45, 7) is -1.07. The molecule has 6 N–H and O–H groups in total. The first-order valence-electron chi connectivity index (χ1n) is 31.3. The number of amides is 6. The van der Waals surface area contributed by atoms with Crippen molar-refractivity contribution in [1.82, 2.24) is 31.9 Å². The second kappa shape index (κ2) is 38.5. The van der Waals surface area contributed by atoms with Crippen LogP contribution >= 0.6 is 63.2 Å². The molecule has 0 fully saturated rings. The van der Waals surface area contributed by atoms with Gasteiger partial charge in [0.15, 0.2) is 0 Å². The van der Waals surface area contributed by atoms with Crippen LogP contribution in [0.2, 0.25) is 0 Å². The Kier molecular flexibility index (Phi) is 31.1. The topological polar surface area (TPSA) is 280 Å². The van der Waals surface area contributed by atoms with Gasteiger partial charge in [-0.2, -0.15) is 0 Å². The number of methoxy groups -OCH3 is 4. The number of hydrogen-bond donors (Lipinski definition) is 6. The van der Waals surface area contributed by atoms with E-state index in [9.17, 15) is 47.9 Å². The molecular weight excluding hydrogens is 1430 g/mol. The first-order chi connectivity index (χ1) is 46.2. The van der Waals surface area contributed by atoms with Crippen molar-refractivity contribution in [1.29, 1.82) is 0 Å². The Hall–Kier alpha value is -7.46. The predicted octanol–water partition coefficient (Wildman–Crippen LogP) is 6.81. The van der Waals surface area contributed by atoms with Crippen molar-refractivity contribution in [3.8, 4) is 0 Å². The van der Waals surface area contributed by atoms with E-state index in [4.69, 9.17) is 9.47 Å². The van der Waals surface area contributed by atoms with Crippen LogP contribution in [-0.4, -0.2) is 149 Å². The molecule has 0 aliphatic carbocycles. The van der Waals surface area contributed by atoms with Crippen molar-refractivity contribution in [2.75, 3.05) is 65.4 Å². The van der Waals surface area contributed by atoms with E-state index in [1.807, 2.05) is 109 Å². The van der Waals surface area contributed by atoms with E-state index in [1.165, 1.54) is 0 Å². The van der Waals surface area contributed by atoms with E-state index in [1.54, 1.807) is 0 Å². The van der Waals surface area contributed by atoms with Crippen LogP contribution in [0.5, 0.6) is 0 Å². The Morgan fingerprint density at radius 2 is 0.604 bits per heavy atom. The number of benzene rings is 6. The van der Waals surface area contributed by atoms with Crippen LogP contribution in [-0.2, 0) is 66.9 Å². The molecule has 514 valence electrons. The second-order valence-electron chi connectivity index (χ2n) is 22.5. The van der Waals surface area contributed by atoms with Crippen molar-refractivity contribution in [2.24, 2.45) is 0 Å². The molecule has 0 unspecified atom stereocenters. The molecule has 0 aromatic heterocycles. The zero-order valence-corrected chi connectivity index (χ0v) is 60.7. The van der Waals surface area contributed by atoms with Crippen molar-refractivity contribution in [3.05, 3.63) is 182 Å². The summed E-state index contributed by atoms with van der Waals surface area (Å²) < 4.78 is 19.4. The van der Waals surface area contributed by atoms with Crippen LogP contribution in [0.3, 0.4) is 0 Å². The fraction of sp³-hybridized carbons (Fsp3) is 0.343. The molecular formula is C70H84Br2N6O14P2S2. The third-order valence-electron chi connectivity index (χ3n) is 16.3. The van der Waals surface area contributed by atoms with Crippen molar-refractivity contribution in [3.63, 3.8) is 0 Å². The number of nitrogens with one attached hydrogen (secondary N) is 6. The van der Waals surface area contributed by atoms with Crippen molar-refractivity contribution >= 4 is 154 Å². The van der Waals surface area contributed by atoms with E-state index >= 15 is 0 Å². The number of rotatable bonds is 39. The summed E-state index contributed by atoms with van der Waals surface area (Å²) in [6, 6.07) is 56.5. The van der Waals surface area contributed by atoms with Gasteiger partial charge in [-0.25, -0.2) is 0 Å². The molecule has 4 atom stereocenters. The number of carbonyl (C=O) groups excluding carboxylic acids is 10. The standard InChI is InChI=1S/C70H84Br2N6O14P2S2/c1-89-65(83)47-73-67(85)59(77-63(81)43-41-57(69(87)91-3)75-61(79)39-23-25-45-93(71,51-27-11-5-12-28-51,52-29-13-6-14-30-52)53-31-15-7-16-32-53)49-95-96-50-60(68(86)74-48-66(84)90-2)78-64(82)44-42-58(70(88)92-4)76-62(80)40-24-26-46-94(72,54-33-17-8-18-34-54,55-35-19-9-20-36-55)56-37-21-10-22-38-56/h5-22,27-38,57-60H,23-26,39-50H2,1-4H3,(H,73,85)(H,74,86)(H,75,79)(H,76,80)(H,77,81)(H,78,82)/t57-,58-,59-,60-/m0/s1. The molecule has 96 heavy (non-hydrogen) atoms. The van der Waals surface area contributed by atoms with Crippen molar-refractivity contribution < 1.29 is 66.9 Å². The maximum atomic E-state index is 13.7. The average molecular weight is 1520 g/mol. The SMILES string of the molecule is COC(=O)CNC(=O)[C@H](CSSC[C@H](NC(=O)CC[C@H](NC(=O)CCCCP(Br)(c1ccccc1)(c1ccccc1)c1ccccc1)C(=O)OC)C(=O)NCC(=O)OC)NC(=O)CC[C@H](NC(=O)CCCCP(Br)(c1ccccc1)(c1ccccc1)c1ccccc1)C(=O)OC. The molecule has 20 nitrogen and oxygen atoms in total. The number of unbranched alkanes of at least 4 members (excludes halogenated alkanes) is 2. The first-order valence-corrected chi connectivity index (χ1v) is 42.6. The summed E-state index contributed by atoms with van der Waals surface area (Å²) >= 11 is 8.88. The van der Waals surface area contributed by atoms with Gasteiger partial charge in [-0.3, -0.25) is 19.2 Å². The molecule has 0 saturated heterocycles. The quantitative estimate of drug-likeness (QED) is 0.00760. The molecule has 6 aromatic rings. The Morgan fingerprint density at radius 1 is 0.354 bits per heavy atom. The van der Waals surface area contributed by atoms with Crippen LogP contribution in [0.25, 0.3) is 0 Å². The van der Waals surface area contributed by atoms with Gasteiger partial charge < -0.3 is 20.1 Å². The Bertz CT molecular complexity index is 3130. The van der Waals surface area contributed by atoms with Gasteiger partial charge in [0.25, 0.3) is 0 Å². The predicted molar refractivity (Wildman–Crippen MR) is 391 cm³/mol. The monoisotopic (exact) mass is 1520 g/mol. The fourth-order valence-corrected chi connectivity index (χ4v) is 29.0. The summed E-state index contributed by atoms with van der Waals surface area (Å²) in [7, 11) is 6.63. The Labute approximate surface area is 584 Å². The van der Waals surface area contributed by atoms with Gasteiger partial charge in [0.1, 0.15) is 13.1 Å². The zero-order valence-electron chi connectivity index (χ0n) is 54.1. The fourth-order valence-electron chi connectivity index (χ4n) is 11.2. The average Bonchev–Trinajstić information content (AvgIpc) is 0.718. The second-order valence-corrected chi connectivity index (χ2v) is 43.2. The number of halogens is 2. The van der Waals surface area contributed by atoms with Gasteiger partial charge in [-0.15, -0.1) is 0 Å². The molecule has 0 bridgehead atoms. The first kappa shape index (κ1) is 77.5. The molecule has 6 aromatic carbocycles. The maximum absolute atomic E-state index is 13.7. The minimum absolute atomic E-state index is 0.0611. The molecule has 0 heterocycles. The van der Waals surface area contributed by atoms with Crippen LogP contribution in [0.4, 0.5) is 0 Å². The van der Waals surface area contributed by atoms with Gasteiger partial charge in [-0.1, -0.05) is 21.6 Å². The molecule has 0 spiro atoms. The van der Waals surface area contributed by atoms with Gasteiger partial charge in [-0.05, 0) is 0 Å². The normalized spacial score (nSPS) is 13.3. The molecule has 0 aliphatic rings. The third kappa shape index (κ3) is 21.0. The molecule has 0 aliphatic heterocycles. The summed E-state index contributed by atoms with van der Waals surface area (Å²) in [5.41, 5.74) is 0. The third-order valence-corrected chi connectivity index (χ3v) is 38.8. The van der Waals surface area contributed by atoms with Crippen LogP contribution in [0.1, 0.15) is 64.2 Å². The summed E-state index contributed by atoms with van der Waals surface area (Å²) in [4.78, 5) is 132. The molecule has 6 rings (SSSR count). The van der Waals surface area contributed by atoms with Gasteiger partial charge in [0.2, 0.25) is 11.8 Å². The Morgan fingerprint density at radius 3 is 0.854 bits per heavy atom. The molecule has 6 amide bonds. The minimum atomic E-state index is -3.27. The van der Waals surface area contributed by atoms with E-state index in [2.05, 4.69) is 145 Å². The van der Waals surface area contributed by atoms with E-state index in [-0.39, 0.29) is 50.0 Å². The number of hydrogen-bond acceptors (Lipinski definition) is 16. The van der Waals surface area contributed by atoms with Crippen LogP contribution < -0.4 is 63.7 Å². The van der Waals surface area contributed by atoms with Gasteiger partial charge >= 0.3 is 477 Å². The van der Waals surface area contributed by atoms with Gasteiger partial charge in [0.05, 0.1) is 14.2 Å². The van der Waals surface area contributed by atoms with Gasteiger partial charge in [0, 0.05) is 11.5 Å². The summed E-state index contributed by atoms with van der Waals surface area (Å²) in [5, 5.41) is 15.8. The number of ether oxygens (including phenoxy) is 4. The van der Waals surface area contributed by atoms with Crippen molar-refractivity contribution in [2.45, 2.75) is 88.4 Å². The number of carbonyl (C=O) groups is 10.